The Bertz CT molecular complexity index is 589. The Kier molecular flexibility index (Phi) is 3.20. The Balaban J connectivity index is 1.90. The zero-order valence-corrected chi connectivity index (χ0v) is 11.5. The molecule has 1 aliphatic heterocycles. The summed E-state index contributed by atoms with van der Waals surface area (Å²) in [4.78, 5) is 8.74. The molecule has 2 heterocycles. The van der Waals surface area contributed by atoms with E-state index in [2.05, 4.69) is 41.2 Å². The van der Waals surface area contributed by atoms with Gasteiger partial charge in [0.05, 0.1) is 0 Å². The summed E-state index contributed by atoms with van der Waals surface area (Å²) >= 11 is 3.17. The quantitative estimate of drug-likeness (QED) is 0.917. The molecule has 1 aromatic carbocycles. The minimum Gasteiger partial charge on any atom is -0.371 e. The normalized spacial score (nSPS) is 19.0. The maximum atomic E-state index is 9.38. The third kappa shape index (κ3) is 2.34. The van der Waals surface area contributed by atoms with Crippen LogP contribution in [0.25, 0.3) is 10.6 Å². The number of thioether (sulfide) groups is 1. The third-order valence-corrected chi connectivity index (χ3v) is 4.60. The van der Waals surface area contributed by atoms with Gasteiger partial charge in [-0.05, 0) is 6.92 Å². The van der Waals surface area contributed by atoms with Gasteiger partial charge in [-0.1, -0.05) is 41.6 Å². The monoisotopic (exact) mass is 276 g/mol. The van der Waals surface area contributed by atoms with Gasteiger partial charge >= 0.3 is 0 Å². The van der Waals surface area contributed by atoms with Crippen LogP contribution in [0.2, 0.25) is 0 Å². The van der Waals surface area contributed by atoms with E-state index in [9.17, 15) is 5.11 Å². The second-order valence-corrected chi connectivity index (χ2v) is 6.00. The highest BCUT2D eigenvalue weighted by molar-refractivity contribution is 8.14. The third-order valence-electron chi connectivity index (χ3n) is 2.66. The molecule has 3 nitrogen and oxygen atoms in total. The zero-order chi connectivity index (χ0) is 12.5. The van der Waals surface area contributed by atoms with Crippen LogP contribution in [-0.2, 0) is 0 Å². The van der Waals surface area contributed by atoms with Crippen molar-refractivity contribution in [1.29, 1.82) is 0 Å². The van der Waals surface area contributed by atoms with Gasteiger partial charge in [0, 0.05) is 16.7 Å². The number of hydrogen-bond donors (Lipinski definition) is 1. The number of aliphatic imine (C=N–C) groups is 1. The topological polar surface area (TPSA) is 45.5 Å². The predicted octanol–water partition coefficient (Wildman–Crippen LogP) is 2.93. The maximum absolute atomic E-state index is 9.38. The number of nitrogens with zero attached hydrogens (tertiary/aromatic N) is 2. The first kappa shape index (κ1) is 11.9. The van der Waals surface area contributed by atoms with Gasteiger partial charge in [0.1, 0.15) is 15.7 Å². The largest absolute Gasteiger partial charge is 0.371 e. The molecule has 18 heavy (non-hydrogen) atoms. The standard InChI is InChI=1S/C13H12N2OS2/c1-8-2-4-9(5-3-8)12-14-10(6-17-12)13-15-11(16)7-18-13/h2-6,11,16H,7H2,1H3. The lowest BCUT2D eigenvalue weighted by Gasteiger charge is -1.96. The van der Waals surface area contributed by atoms with Gasteiger partial charge in [0.25, 0.3) is 0 Å². The van der Waals surface area contributed by atoms with Crippen LogP contribution in [0.5, 0.6) is 0 Å². The van der Waals surface area contributed by atoms with E-state index in [1.54, 1.807) is 23.1 Å². The molecule has 5 heteroatoms. The van der Waals surface area contributed by atoms with E-state index in [0.717, 1.165) is 21.3 Å². The molecule has 2 aromatic rings. The molecule has 0 spiro atoms. The number of aryl methyl sites for hydroxylation is 1. The molecular formula is C13H12N2OS2. The molecule has 1 aliphatic rings. The van der Waals surface area contributed by atoms with E-state index in [0.29, 0.717) is 5.75 Å². The van der Waals surface area contributed by atoms with E-state index in [1.807, 2.05) is 5.38 Å². The number of aromatic nitrogens is 1. The maximum Gasteiger partial charge on any atom is 0.155 e. The van der Waals surface area contributed by atoms with Crippen molar-refractivity contribution in [3.05, 3.63) is 40.9 Å². The highest BCUT2D eigenvalue weighted by Gasteiger charge is 2.19. The zero-order valence-electron chi connectivity index (χ0n) is 9.83. The van der Waals surface area contributed by atoms with Crippen LogP contribution < -0.4 is 0 Å². The highest BCUT2D eigenvalue weighted by atomic mass is 32.2. The fourth-order valence-corrected chi connectivity index (χ4v) is 3.42. The van der Waals surface area contributed by atoms with E-state index >= 15 is 0 Å². The molecule has 92 valence electrons. The summed E-state index contributed by atoms with van der Waals surface area (Å²) in [5.74, 6) is 0.632. The van der Waals surface area contributed by atoms with E-state index in [1.165, 1.54) is 5.56 Å². The Morgan fingerprint density at radius 2 is 2.06 bits per heavy atom. The molecule has 1 atom stereocenters. The molecule has 0 aliphatic carbocycles. The van der Waals surface area contributed by atoms with Crippen molar-refractivity contribution in [2.75, 3.05) is 5.75 Å². The number of aliphatic hydroxyl groups is 1. The predicted molar refractivity (Wildman–Crippen MR) is 77.3 cm³/mol. The first-order valence-corrected chi connectivity index (χ1v) is 7.50. The van der Waals surface area contributed by atoms with Crippen molar-refractivity contribution in [1.82, 2.24) is 4.98 Å². The lowest BCUT2D eigenvalue weighted by molar-refractivity contribution is 0.213. The molecule has 0 saturated heterocycles. The average molecular weight is 276 g/mol. The summed E-state index contributed by atoms with van der Waals surface area (Å²) in [6.45, 7) is 2.07. The van der Waals surface area contributed by atoms with Crippen LogP contribution in [0.1, 0.15) is 11.3 Å². The van der Waals surface area contributed by atoms with Crippen LogP contribution in [-0.4, -0.2) is 27.1 Å². The molecule has 3 rings (SSSR count). The summed E-state index contributed by atoms with van der Waals surface area (Å²) in [5.41, 5.74) is 3.24. The number of thiazole rings is 1. The Hall–Kier alpha value is -1.17. The van der Waals surface area contributed by atoms with Crippen molar-refractivity contribution in [3.63, 3.8) is 0 Å². The van der Waals surface area contributed by atoms with Gasteiger partial charge in [-0.2, -0.15) is 0 Å². The minimum absolute atomic E-state index is 0.575. The van der Waals surface area contributed by atoms with Crippen molar-refractivity contribution in [2.24, 2.45) is 4.99 Å². The van der Waals surface area contributed by atoms with E-state index in [-0.39, 0.29) is 0 Å². The molecule has 1 unspecified atom stereocenters. The SMILES string of the molecule is Cc1ccc(-c2nc(C3=NC(O)CS3)cs2)cc1. The van der Waals surface area contributed by atoms with Gasteiger partial charge in [-0.3, -0.25) is 0 Å². The highest BCUT2D eigenvalue weighted by Crippen LogP contribution is 2.28. The molecule has 0 radical (unpaired) electrons. The summed E-state index contributed by atoms with van der Waals surface area (Å²) in [5, 5.41) is 13.2. The average Bonchev–Trinajstić information content (AvgIpc) is 2.98. The van der Waals surface area contributed by atoms with Crippen LogP contribution in [0.3, 0.4) is 0 Å². The van der Waals surface area contributed by atoms with Crippen molar-refractivity contribution < 1.29 is 5.11 Å². The molecule has 0 fully saturated rings. The molecule has 1 aromatic heterocycles. The number of aliphatic hydroxyl groups excluding tert-OH is 1. The summed E-state index contributed by atoms with van der Waals surface area (Å²) in [6.07, 6.45) is -0.575. The molecule has 1 N–H and O–H groups in total. The van der Waals surface area contributed by atoms with Crippen molar-refractivity contribution >= 4 is 28.1 Å². The summed E-state index contributed by atoms with van der Waals surface area (Å²) in [6, 6.07) is 8.33. The van der Waals surface area contributed by atoms with Crippen LogP contribution in [0, 0.1) is 6.92 Å². The number of benzene rings is 1. The smallest absolute Gasteiger partial charge is 0.155 e. The summed E-state index contributed by atoms with van der Waals surface area (Å²) < 4.78 is 0. The fraction of sp³-hybridized carbons (Fsp3) is 0.231. The van der Waals surface area contributed by atoms with E-state index in [4.69, 9.17) is 0 Å². The lowest BCUT2D eigenvalue weighted by Crippen LogP contribution is -1.98. The van der Waals surface area contributed by atoms with Crippen LogP contribution in [0.4, 0.5) is 0 Å². The van der Waals surface area contributed by atoms with Crippen LogP contribution in [0.15, 0.2) is 34.6 Å². The molecule has 0 saturated carbocycles. The van der Waals surface area contributed by atoms with Gasteiger partial charge in [0.2, 0.25) is 0 Å². The van der Waals surface area contributed by atoms with Gasteiger partial charge in [-0.15, -0.1) is 11.3 Å². The number of hydrogen-bond acceptors (Lipinski definition) is 5. The van der Waals surface area contributed by atoms with E-state index < -0.39 is 6.23 Å². The molecule has 0 amide bonds. The van der Waals surface area contributed by atoms with Crippen LogP contribution >= 0.6 is 23.1 Å². The Morgan fingerprint density at radius 3 is 2.72 bits per heavy atom. The van der Waals surface area contributed by atoms with Crippen molar-refractivity contribution in [3.8, 4) is 10.6 Å². The Labute approximate surface area is 114 Å². The molecule has 0 bridgehead atoms. The first-order valence-electron chi connectivity index (χ1n) is 5.64. The second-order valence-electron chi connectivity index (χ2n) is 4.13. The van der Waals surface area contributed by atoms with Gasteiger partial charge < -0.3 is 5.11 Å². The minimum atomic E-state index is -0.575. The van der Waals surface area contributed by atoms with Gasteiger partial charge in [-0.25, -0.2) is 9.98 Å². The second kappa shape index (κ2) is 4.84. The number of rotatable bonds is 2. The first-order chi connectivity index (χ1) is 8.72. The lowest BCUT2D eigenvalue weighted by atomic mass is 10.2. The Morgan fingerprint density at radius 1 is 1.28 bits per heavy atom. The summed E-state index contributed by atoms with van der Waals surface area (Å²) in [7, 11) is 0. The van der Waals surface area contributed by atoms with Gasteiger partial charge in [0.15, 0.2) is 6.23 Å². The van der Waals surface area contributed by atoms with Crippen molar-refractivity contribution in [2.45, 2.75) is 13.2 Å². The fourth-order valence-electron chi connectivity index (χ4n) is 1.70. The molecular weight excluding hydrogens is 264 g/mol.